The van der Waals surface area contributed by atoms with Crippen molar-refractivity contribution in [3.8, 4) is 0 Å². The summed E-state index contributed by atoms with van der Waals surface area (Å²) in [6.07, 6.45) is 0.584. The van der Waals surface area contributed by atoms with Crippen LogP contribution in [0.1, 0.15) is 23.5 Å². The summed E-state index contributed by atoms with van der Waals surface area (Å²) in [4.78, 5) is 12.5. The third kappa shape index (κ3) is 3.57. The fraction of sp³-hybridized carbons (Fsp3) is 0.278. The first-order valence-corrected chi connectivity index (χ1v) is 9.41. The van der Waals surface area contributed by atoms with E-state index in [9.17, 15) is 17.6 Å². The van der Waals surface area contributed by atoms with Gasteiger partial charge in [0.05, 0.1) is 4.90 Å². The number of nitrogens with one attached hydrogen (secondary N) is 2. The highest BCUT2D eigenvalue weighted by molar-refractivity contribution is 7.89. The van der Waals surface area contributed by atoms with Crippen molar-refractivity contribution in [2.75, 3.05) is 12.4 Å². The highest BCUT2D eigenvalue weighted by Gasteiger charge is 2.45. The molecule has 5 nitrogen and oxygen atoms in total. The summed E-state index contributed by atoms with van der Waals surface area (Å²) in [5.41, 5.74) is 1.54. The van der Waals surface area contributed by atoms with Gasteiger partial charge in [-0.1, -0.05) is 24.3 Å². The molecule has 2 aromatic rings. The average Bonchev–Trinajstić information content (AvgIpc) is 3.37. The van der Waals surface area contributed by atoms with Gasteiger partial charge in [-0.05, 0) is 55.6 Å². The Morgan fingerprint density at radius 2 is 1.92 bits per heavy atom. The highest BCUT2D eigenvalue weighted by atomic mass is 32.2. The molecule has 2 atom stereocenters. The van der Waals surface area contributed by atoms with Crippen molar-refractivity contribution in [1.82, 2.24) is 4.72 Å². The van der Waals surface area contributed by atoms with Gasteiger partial charge in [0.2, 0.25) is 15.9 Å². The summed E-state index contributed by atoms with van der Waals surface area (Å²) in [7, 11) is -2.27. The van der Waals surface area contributed by atoms with Crippen LogP contribution in [-0.4, -0.2) is 21.4 Å². The minimum Gasteiger partial charge on any atom is -0.326 e. The van der Waals surface area contributed by atoms with E-state index in [0.29, 0.717) is 23.2 Å². The summed E-state index contributed by atoms with van der Waals surface area (Å²) in [5, 5.41) is 2.73. The maximum absolute atomic E-state index is 13.8. The summed E-state index contributed by atoms with van der Waals surface area (Å²) in [6, 6.07) is 11.2. The lowest BCUT2D eigenvalue weighted by Crippen LogP contribution is -2.20. The van der Waals surface area contributed by atoms with E-state index in [-0.39, 0.29) is 28.5 Å². The zero-order chi connectivity index (χ0) is 18.2. The van der Waals surface area contributed by atoms with Crippen LogP contribution in [0, 0.1) is 18.7 Å². The van der Waals surface area contributed by atoms with Gasteiger partial charge in [-0.2, -0.15) is 0 Å². The van der Waals surface area contributed by atoms with Gasteiger partial charge in [-0.3, -0.25) is 4.79 Å². The van der Waals surface area contributed by atoms with Crippen molar-refractivity contribution in [1.29, 1.82) is 0 Å². The molecule has 2 N–H and O–H groups in total. The second-order valence-electron chi connectivity index (χ2n) is 6.15. The summed E-state index contributed by atoms with van der Waals surface area (Å²) >= 11 is 0. The number of halogens is 1. The SMILES string of the molecule is CNS(=O)(=O)c1cc(NC(=O)C2CC2c2ccccc2F)ccc1C. The molecule has 0 spiro atoms. The molecular weight excluding hydrogens is 343 g/mol. The Kier molecular flexibility index (Phi) is 4.62. The molecule has 1 aliphatic rings. The van der Waals surface area contributed by atoms with Crippen LogP contribution in [0.4, 0.5) is 10.1 Å². The topological polar surface area (TPSA) is 75.3 Å². The van der Waals surface area contributed by atoms with Gasteiger partial charge < -0.3 is 5.32 Å². The Balaban J connectivity index is 1.75. The average molecular weight is 362 g/mol. The lowest BCUT2D eigenvalue weighted by molar-refractivity contribution is -0.117. The van der Waals surface area contributed by atoms with Crippen LogP contribution in [0.25, 0.3) is 0 Å². The van der Waals surface area contributed by atoms with Gasteiger partial charge in [0.25, 0.3) is 0 Å². The van der Waals surface area contributed by atoms with Crippen molar-refractivity contribution in [2.45, 2.75) is 24.2 Å². The van der Waals surface area contributed by atoms with Crippen LogP contribution in [0.3, 0.4) is 0 Å². The Labute approximate surface area is 146 Å². The van der Waals surface area contributed by atoms with Gasteiger partial charge in [-0.15, -0.1) is 0 Å². The quantitative estimate of drug-likeness (QED) is 0.859. The maximum atomic E-state index is 13.8. The minimum absolute atomic E-state index is 0.120. The Hall–Kier alpha value is -2.25. The molecule has 7 heteroatoms. The smallest absolute Gasteiger partial charge is 0.240 e. The van der Waals surface area contributed by atoms with Crippen LogP contribution < -0.4 is 10.0 Å². The number of benzene rings is 2. The number of hydrogen-bond donors (Lipinski definition) is 2. The molecule has 1 fully saturated rings. The first-order valence-electron chi connectivity index (χ1n) is 7.93. The molecule has 25 heavy (non-hydrogen) atoms. The number of anilines is 1. The largest absolute Gasteiger partial charge is 0.326 e. The molecule has 0 aromatic heterocycles. The highest BCUT2D eigenvalue weighted by Crippen LogP contribution is 2.48. The van der Waals surface area contributed by atoms with Gasteiger partial charge in [0.1, 0.15) is 5.82 Å². The predicted octanol–water partition coefficient (Wildman–Crippen LogP) is 2.78. The van der Waals surface area contributed by atoms with Gasteiger partial charge in [0.15, 0.2) is 0 Å². The first-order chi connectivity index (χ1) is 11.8. The van der Waals surface area contributed by atoms with E-state index in [0.717, 1.165) is 0 Å². The van der Waals surface area contributed by atoms with Crippen molar-refractivity contribution in [2.24, 2.45) is 5.92 Å². The Bertz CT molecular complexity index is 928. The standard InChI is InChI=1S/C18H19FN2O3S/c1-11-7-8-12(9-17(11)25(23,24)20-2)21-18(22)15-10-14(15)13-5-3-4-6-16(13)19/h3-9,14-15,20H,10H2,1-2H3,(H,21,22). The molecule has 3 rings (SSSR count). The van der Waals surface area contributed by atoms with Crippen LogP contribution in [0.2, 0.25) is 0 Å². The summed E-state index contributed by atoms with van der Waals surface area (Å²) in [5.74, 6) is -0.972. The molecule has 2 aromatic carbocycles. The third-order valence-corrected chi connectivity index (χ3v) is 6.00. The second kappa shape index (κ2) is 6.57. The molecule has 0 radical (unpaired) electrons. The van der Waals surface area contributed by atoms with E-state index in [2.05, 4.69) is 10.0 Å². The van der Waals surface area contributed by atoms with Gasteiger partial charge >= 0.3 is 0 Å². The van der Waals surface area contributed by atoms with Crippen molar-refractivity contribution in [3.05, 3.63) is 59.4 Å². The van der Waals surface area contributed by atoms with Crippen LogP contribution in [-0.2, 0) is 14.8 Å². The van der Waals surface area contributed by atoms with E-state index >= 15 is 0 Å². The fourth-order valence-electron chi connectivity index (χ4n) is 2.92. The molecular formula is C18H19FN2O3S. The summed E-state index contributed by atoms with van der Waals surface area (Å²) in [6.45, 7) is 1.69. The molecule has 1 amide bonds. The van der Waals surface area contributed by atoms with E-state index in [1.807, 2.05) is 0 Å². The van der Waals surface area contributed by atoms with E-state index in [1.54, 1.807) is 37.3 Å². The minimum atomic E-state index is -3.60. The summed E-state index contributed by atoms with van der Waals surface area (Å²) < 4.78 is 40.1. The monoisotopic (exact) mass is 362 g/mol. The number of rotatable bonds is 5. The van der Waals surface area contributed by atoms with Crippen LogP contribution in [0.5, 0.6) is 0 Å². The lowest BCUT2D eigenvalue weighted by atomic mass is 10.1. The maximum Gasteiger partial charge on any atom is 0.240 e. The lowest BCUT2D eigenvalue weighted by Gasteiger charge is -2.10. The molecule has 0 aliphatic heterocycles. The molecule has 2 unspecified atom stereocenters. The van der Waals surface area contributed by atoms with Gasteiger partial charge in [-0.25, -0.2) is 17.5 Å². The Morgan fingerprint density at radius 1 is 1.20 bits per heavy atom. The van der Waals surface area contributed by atoms with Crippen LogP contribution in [0.15, 0.2) is 47.4 Å². The normalized spacial score (nSPS) is 19.5. The van der Waals surface area contributed by atoms with Crippen molar-refractivity contribution >= 4 is 21.6 Å². The second-order valence-corrected chi connectivity index (χ2v) is 8.00. The van der Waals surface area contributed by atoms with Gasteiger partial charge in [0, 0.05) is 11.6 Å². The third-order valence-electron chi connectivity index (χ3n) is 4.45. The zero-order valence-electron chi connectivity index (χ0n) is 13.9. The van der Waals surface area contributed by atoms with E-state index in [4.69, 9.17) is 0 Å². The molecule has 0 heterocycles. The number of carbonyl (C=O) groups excluding carboxylic acids is 1. The van der Waals surface area contributed by atoms with Crippen molar-refractivity contribution in [3.63, 3.8) is 0 Å². The van der Waals surface area contributed by atoms with E-state index in [1.165, 1.54) is 19.2 Å². The first kappa shape index (κ1) is 17.6. The molecule has 1 saturated carbocycles. The predicted molar refractivity (Wildman–Crippen MR) is 93.3 cm³/mol. The number of sulfonamides is 1. The van der Waals surface area contributed by atoms with Crippen molar-refractivity contribution < 1.29 is 17.6 Å². The number of carbonyl (C=O) groups is 1. The Morgan fingerprint density at radius 3 is 2.60 bits per heavy atom. The fourth-order valence-corrected chi connectivity index (χ4v) is 3.91. The number of amides is 1. The number of hydrogen-bond acceptors (Lipinski definition) is 3. The molecule has 0 saturated heterocycles. The van der Waals surface area contributed by atoms with Crippen LogP contribution >= 0.6 is 0 Å². The van der Waals surface area contributed by atoms with E-state index < -0.39 is 10.0 Å². The molecule has 0 bridgehead atoms. The number of aryl methyl sites for hydroxylation is 1. The molecule has 132 valence electrons. The molecule has 1 aliphatic carbocycles. The zero-order valence-corrected chi connectivity index (χ0v) is 14.7.